The lowest BCUT2D eigenvalue weighted by atomic mass is 10.2. The Balaban J connectivity index is 2.16. The van der Waals surface area contributed by atoms with Crippen molar-refractivity contribution in [2.45, 2.75) is 38.1 Å². The zero-order chi connectivity index (χ0) is 28.0. The summed E-state index contributed by atoms with van der Waals surface area (Å²) in [6.45, 7) is 5.45. The third-order valence-electron chi connectivity index (χ3n) is 5.55. The number of hydrogen-bond acceptors (Lipinski definition) is 8. The van der Waals surface area contributed by atoms with Crippen LogP contribution in [0.4, 0.5) is 10.1 Å². The molecule has 3 rings (SSSR count). The number of rotatable bonds is 12. The number of carbonyl (C=O) groups is 1. The first-order valence-corrected chi connectivity index (χ1v) is 13.1. The second-order valence-corrected chi connectivity index (χ2v) is 10.0. The van der Waals surface area contributed by atoms with Crippen molar-refractivity contribution in [3.05, 3.63) is 69.7 Å². The van der Waals surface area contributed by atoms with E-state index in [2.05, 4.69) is 15.1 Å². The molecule has 2 N–H and O–H groups in total. The molecule has 14 heteroatoms. The summed E-state index contributed by atoms with van der Waals surface area (Å²) >= 11 is 0. The zero-order valence-corrected chi connectivity index (χ0v) is 22.0. The minimum absolute atomic E-state index is 0.0236. The number of carbonyl (C=O) groups excluding carboxylic acids is 1. The predicted molar refractivity (Wildman–Crippen MR) is 136 cm³/mol. The minimum atomic E-state index is -4.25. The molecule has 38 heavy (non-hydrogen) atoms. The molecular formula is C24H28FN5O7S. The van der Waals surface area contributed by atoms with Crippen LogP contribution in [0.15, 0.2) is 47.4 Å². The van der Waals surface area contributed by atoms with E-state index in [1.807, 2.05) is 0 Å². The molecule has 0 saturated carbocycles. The Hall–Kier alpha value is -3.88. The van der Waals surface area contributed by atoms with Crippen molar-refractivity contribution >= 4 is 21.6 Å². The highest BCUT2D eigenvalue weighted by atomic mass is 32.2. The molecule has 1 amide bonds. The fourth-order valence-corrected chi connectivity index (χ4v) is 4.82. The number of nitro benzene ring substituents is 1. The maximum absolute atomic E-state index is 13.6. The number of benzene rings is 2. The Kier molecular flexibility index (Phi) is 9.14. The monoisotopic (exact) mass is 549 g/mol. The highest BCUT2D eigenvalue weighted by Gasteiger charge is 2.28. The molecule has 0 aliphatic carbocycles. The van der Waals surface area contributed by atoms with E-state index in [-0.39, 0.29) is 36.0 Å². The number of nitrogens with zero attached hydrogens (tertiary/aromatic N) is 3. The number of sulfonamides is 1. The van der Waals surface area contributed by atoms with Gasteiger partial charge in [0.15, 0.2) is 5.69 Å². The van der Waals surface area contributed by atoms with E-state index in [0.29, 0.717) is 12.1 Å². The van der Waals surface area contributed by atoms with Crippen LogP contribution in [0.5, 0.6) is 11.6 Å². The molecule has 2 aromatic carbocycles. The van der Waals surface area contributed by atoms with Gasteiger partial charge in [-0.25, -0.2) is 17.5 Å². The first-order chi connectivity index (χ1) is 18.0. The molecule has 1 unspecified atom stereocenters. The van der Waals surface area contributed by atoms with Crippen molar-refractivity contribution in [1.82, 2.24) is 19.8 Å². The normalized spacial score (nSPS) is 12.2. The van der Waals surface area contributed by atoms with Crippen molar-refractivity contribution in [2.75, 3.05) is 20.3 Å². The Bertz CT molecular complexity index is 1420. The highest BCUT2D eigenvalue weighted by Crippen LogP contribution is 2.35. The number of methoxy groups -OCH3 is 1. The van der Waals surface area contributed by atoms with Gasteiger partial charge in [-0.05, 0) is 50.6 Å². The van der Waals surface area contributed by atoms with E-state index in [1.54, 1.807) is 20.8 Å². The van der Waals surface area contributed by atoms with E-state index in [4.69, 9.17) is 9.47 Å². The zero-order valence-electron chi connectivity index (χ0n) is 21.2. The maximum Gasteiger partial charge on any atom is 0.272 e. The van der Waals surface area contributed by atoms with Gasteiger partial charge in [-0.3, -0.25) is 14.9 Å². The number of halogens is 1. The topological polar surface area (TPSA) is 155 Å². The first-order valence-electron chi connectivity index (χ1n) is 11.6. The number of hydrogen-bond donors (Lipinski definition) is 2. The molecule has 1 heterocycles. The molecule has 0 spiro atoms. The van der Waals surface area contributed by atoms with Crippen LogP contribution in [0.25, 0.3) is 5.69 Å². The molecule has 0 saturated heterocycles. The smallest absolute Gasteiger partial charge is 0.272 e. The predicted octanol–water partition coefficient (Wildman–Crippen LogP) is 3.47. The lowest BCUT2D eigenvalue weighted by Crippen LogP contribution is -2.32. The van der Waals surface area contributed by atoms with Crippen LogP contribution in [0, 0.1) is 22.9 Å². The van der Waals surface area contributed by atoms with Gasteiger partial charge in [0.2, 0.25) is 15.9 Å². The number of ether oxygens (including phenoxy) is 2. The molecule has 0 aliphatic rings. The van der Waals surface area contributed by atoms with Gasteiger partial charge in [0.25, 0.3) is 11.6 Å². The van der Waals surface area contributed by atoms with E-state index in [9.17, 15) is 27.7 Å². The maximum atomic E-state index is 13.6. The Morgan fingerprint density at radius 2 is 1.92 bits per heavy atom. The van der Waals surface area contributed by atoms with Gasteiger partial charge in [0, 0.05) is 37.4 Å². The van der Waals surface area contributed by atoms with Crippen LogP contribution in [-0.4, -0.2) is 55.3 Å². The summed E-state index contributed by atoms with van der Waals surface area (Å²) in [4.78, 5) is 23.0. The number of amides is 1. The fraction of sp³-hybridized carbons (Fsp3) is 0.333. The summed E-state index contributed by atoms with van der Waals surface area (Å²) in [5.74, 6) is -1.32. The van der Waals surface area contributed by atoms with E-state index < -0.39 is 43.3 Å². The van der Waals surface area contributed by atoms with E-state index in [1.165, 1.54) is 36.1 Å². The SMILES string of the molecule is CCC(C)NS(=O)(=O)c1cc([N+](=O)[O-])ccc1Oc1c(C)c(C(=O)NCCOC)nn1-c1ccc(F)cc1. The molecule has 3 aromatic rings. The standard InChI is InChI=1S/C24H28FN5O7S/c1-5-15(2)28-38(34,35)21-14-19(30(32)33)10-11-20(21)37-24-16(3)22(23(31)26-12-13-36-4)27-29(24)18-8-6-17(25)7-9-18/h6-11,14-15,28H,5,12-13H2,1-4H3,(H,26,31). The van der Waals surface area contributed by atoms with Gasteiger partial charge in [-0.2, -0.15) is 9.78 Å². The number of nitro groups is 1. The third-order valence-corrected chi connectivity index (χ3v) is 7.16. The molecule has 0 radical (unpaired) electrons. The lowest BCUT2D eigenvalue weighted by molar-refractivity contribution is -0.385. The lowest BCUT2D eigenvalue weighted by Gasteiger charge is -2.16. The van der Waals surface area contributed by atoms with Gasteiger partial charge in [-0.15, -0.1) is 0 Å². The summed E-state index contributed by atoms with van der Waals surface area (Å²) in [7, 11) is -2.77. The highest BCUT2D eigenvalue weighted by molar-refractivity contribution is 7.89. The van der Waals surface area contributed by atoms with Crippen LogP contribution in [0.3, 0.4) is 0 Å². The quantitative estimate of drug-likeness (QED) is 0.198. The minimum Gasteiger partial charge on any atom is -0.437 e. The van der Waals surface area contributed by atoms with E-state index in [0.717, 1.165) is 18.2 Å². The van der Waals surface area contributed by atoms with Crippen molar-refractivity contribution in [3.63, 3.8) is 0 Å². The van der Waals surface area contributed by atoms with E-state index >= 15 is 0 Å². The van der Waals surface area contributed by atoms with Crippen molar-refractivity contribution < 1.29 is 32.0 Å². The summed E-state index contributed by atoms with van der Waals surface area (Å²) in [5, 5.41) is 18.4. The molecule has 1 aromatic heterocycles. The number of nitrogens with one attached hydrogen (secondary N) is 2. The molecule has 0 bridgehead atoms. The molecule has 0 aliphatic heterocycles. The molecule has 1 atom stereocenters. The molecular weight excluding hydrogens is 521 g/mol. The summed E-state index contributed by atoms with van der Waals surface area (Å²) in [6.07, 6.45) is 0.475. The molecule has 0 fully saturated rings. The summed E-state index contributed by atoms with van der Waals surface area (Å²) in [5.41, 5.74) is 0.0960. The molecule has 204 valence electrons. The largest absolute Gasteiger partial charge is 0.437 e. The fourth-order valence-electron chi connectivity index (χ4n) is 3.34. The van der Waals surface area contributed by atoms with Crippen LogP contribution >= 0.6 is 0 Å². The van der Waals surface area contributed by atoms with Crippen molar-refractivity contribution in [1.29, 1.82) is 0 Å². The van der Waals surface area contributed by atoms with Gasteiger partial charge in [0.05, 0.1) is 17.2 Å². The number of non-ortho nitro benzene ring substituents is 1. The Morgan fingerprint density at radius 1 is 1.24 bits per heavy atom. The van der Waals surface area contributed by atoms with Crippen LogP contribution in [0.2, 0.25) is 0 Å². The van der Waals surface area contributed by atoms with Crippen LogP contribution in [0.1, 0.15) is 36.3 Å². The average Bonchev–Trinajstić information content (AvgIpc) is 3.20. The van der Waals surface area contributed by atoms with Gasteiger partial charge in [0.1, 0.15) is 16.5 Å². The van der Waals surface area contributed by atoms with Crippen LogP contribution in [-0.2, 0) is 14.8 Å². The van der Waals surface area contributed by atoms with Crippen molar-refractivity contribution in [3.8, 4) is 17.3 Å². The van der Waals surface area contributed by atoms with Gasteiger partial charge < -0.3 is 14.8 Å². The van der Waals surface area contributed by atoms with Crippen molar-refractivity contribution in [2.24, 2.45) is 0 Å². The second-order valence-electron chi connectivity index (χ2n) is 8.34. The Labute approximate surface area is 219 Å². The first kappa shape index (κ1) is 28.7. The third kappa shape index (κ3) is 6.51. The number of aromatic nitrogens is 2. The summed E-state index contributed by atoms with van der Waals surface area (Å²) in [6, 6.07) is 7.87. The second kappa shape index (κ2) is 12.1. The molecule has 12 nitrogen and oxygen atoms in total. The van der Waals surface area contributed by atoms with Crippen LogP contribution < -0.4 is 14.8 Å². The summed E-state index contributed by atoms with van der Waals surface area (Å²) < 4.78 is 54.6. The Morgan fingerprint density at radius 3 is 2.53 bits per heavy atom. The van der Waals surface area contributed by atoms with Gasteiger partial charge >= 0.3 is 0 Å². The van der Waals surface area contributed by atoms with Gasteiger partial charge in [-0.1, -0.05) is 6.92 Å². The average molecular weight is 550 g/mol.